The predicted octanol–water partition coefficient (Wildman–Crippen LogP) is 3.66. The number of hydrogen-bond acceptors (Lipinski definition) is 2. The van der Waals surface area contributed by atoms with Crippen molar-refractivity contribution in [3.63, 3.8) is 0 Å². The summed E-state index contributed by atoms with van der Waals surface area (Å²) in [5, 5.41) is 0. The molecule has 108 valence electrons. The number of benzene rings is 1. The third-order valence-electron chi connectivity index (χ3n) is 2.66. The third kappa shape index (κ3) is 2.78. The van der Waals surface area contributed by atoms with Gasteiger partial charge in [-0.1, -0.05) is 6.07 Å². The zero-order chi connectivity index (χ0) is 15.1. The molecule has 2 nitrogen and oxygen atoms in total. The Bertz CT molecular complexity index is 583. The molecule has 0 N–H and O–H groups in total. The van der Waals surface area contributed by atoms with Crippen LogP contribution in [0.4, 0.5) is 26.3 Å². The molecule has 0 saturated heterocycles. The first-order valence-electron chi connectivity index (χ1n) is 5.25. The van der Waals surface area contributed by atoms with Crippen LogP contribution < -0.4 is 0 Å². The lowest BCUT2D eigenvalue weighted by Gasteiger charge is -2.16. The van der Waals surface area contributed by atoms with Gasteiger partial charge in [0, 0.05) is 11.6 Å². The Morgan fingerprint density at radius 3 is 2.10 bits per heavy atom. The number of cyclic esters (lactones) is 1. The van der Waals surface area contributed by atoms with Crippen LogP contribution in [-0.2, 0) is 21.9 Å². The smallest absolute Gasteiger partial charge is 0.417 e. The van der Waals surface area contributed by atoms with Gasteiger partial charge in [-0.05, 0) is 17.7 Å². The molecule has 1 aromatic rings. The molecule has 0 unspecified atom stereocenters. The van der Waals surface area contributed by atoms with Crippen LogP contribution in [0.1, 0.15) is 16.7 Å². The summed E-state index contributed by atoms with van der Waals surface area (Å²) in [5.41, 5.74) is -3.44. The van der Waals surface area contributed by atoms with Crippen LogP contribution in [0.15, 0.2) is 24.3 Å². The molecule has 0 aromatic heterocycles. The van der Waals surface area contributed by atoms with E-state index in [2.05, 4.69) is 4.74 Å². The molecule has 0 atom stereocenters. The van der Waals surface area contributed by atoms with Gasteiger partial charge in [0.05, 0.1) is 11.1 Å². The van der Waals surface area contributed by atoms with E-state index in [-0.39, 0.29) is 11.6 Å². The van der Waals surface area contributed by atoms with E-state index in [9.17, 15) is 31.1 Å². The fourth-order valence-electron chi connectivity index (χ4n) is 1.77. The monoisotopic (exact) mass is 296 g/mol. The van der Waals surface area contributed by atoms with Crippen molar-refractivity contribution in [2.45, 2.75) is 12.4 Å². The van der Waals surface area contributed by atoms with Gasteiger partial charge < -0.3 is 4.74 Å². The molecule has 1 aliphatic heterocycles. The van der Waals surface area contributed by atoms with Gasteiger partial charge in [0.15, 0.2) is 0 Å². The van der Waals surface area contributed by atoms with E-state index in [1.54, 1.807) is 0 Å². The van der Waals surface area contributed by atoms with E-state index in [0.29, 0.717) is 12.1 Å². The quantitative estimate of drug-likeness (QED) is 0.584. The second-order valence-electron chi connectivity index (χ2n) is 4.03. The van der Waals surface area contributed by atoms with Gasteiger partial charge in [0.25, 0.3) is 0 Å². The van der Waals surface area contributed by atoms with E-state index in [1.165, 1.54) is 0 Å². The first kappa shape index (κ1) is 14.4. The van der Waals surface area contributed by atoms with Crippen molar-refractivity contribution in [2.24, 2.45) is 0 Å². The highest BCUT2D eigenvalue weighted by atomic mass is 19.4. The van der Waals surface area contributed by atoms with Crippen LogP contribution >= 0.6 is 0 Å². The second-order valence-corrected chi connectivity index (χ2v) is 4.03. The minimum absolute atomic E-state index is 0.0268. The molecule has 8 heteroatoms. The first-order chi connectivity index (χ1) is 9.09. The fourth-order valence-corrected chi connectivity index (χ4v) is 1.77. The molecule has 1 heterocycles. The van der Waals surface area contributed by atoms with Gasteiger partial charge in [-0.3, -0.25) is 0 Å². The van der Waals surface area contributed by atoms with Crippen molar-refractivity contribution in [2.75, 3.05) is 6.61 Å². The van der Waals surface area contributed by atoms with E-state index >= 15 is 0 Å². The summed E-state index contributed by atoms with van der Waals surface area (Å²) >= 11 is 0. The molecule has 2 rings (SSSR count). The lowest BCUT2D eigenvalue weighted by Crippen LogP contribution is -2.13. The number of halogens is 6. The van der Waals surface area contributed by atoms with Crippen molar-refractivity contribution in [3.05, 3.63) is 41.0 Å². The molecular formula is C12H6F6O2. The largest absolute Gasteiger partial charge is 0.458 e. The summed E-state index contributed by atoms with van der Waals surface area (Å²) in [4.78, 5) is 10.9. The summed E-state index contributed by atoms with van der Waals surface area (Å²) in [6, 6.07) is 1.26. The molecule has 0 fully saturated rings. The molecule has 0 spiro atoms. The zero-order valence-corrected chi connectivity index (χ0v) is 9.60. The van der Waals surface area contributed by atoms with Gasteiger partial charge in [-0.15, -0.1) is 0 Å². The molecule has 1 aromatic carbocycles. The SMILES string of the molecule is O=C1C=C(c2ccc(C(F)(F)F)cc2C(F)(F)F)CO1. The van der Waals surface area contributed by atoms with Gasteiger partial charge in [0.1, 0.15) is 6.61 Å². The van der Waals surface area contributed by atoms with Crippen LogP contribution in [0.2, 0.25) is 0 Å². The number of alkyl halides is 6. The Morgan fingerprint density at radius 2 is 1.65 bits per heavy atom. The average molecular weight is 296 g/mol. The molecule has 0 aliphatic carbocycles. The maximum absolute atomic E-state index is 12.8. The standard InChI is InChI=1S/C12H6F6O2/c13-11(14,15)7-1-2-8(6-3-10(19)20-5-6)9(4-7)12(16,17)18/h1-4H,5H2. The average Bonchev–Trinajstić information content (AvgIpc) is 2.72. The lowest BCUT2D eigenvalue weighted by atomic mass is 9.97. The minimum Gasteiger partial charge on any atom is -0.458 e. The Kier molecular flexibility index (Phi) is 3.27. The highest BCUT2D eigenvalue weighted by molar-refractivity contribution is 5.96. The van der Waals surface area contributed by atoms with Crippen molar-refractivity contribution < 1.29 is 35.9 Å². The fraction of sp³-hybridized carbons (Fsp3) is 0.250. The molecule has 20 heavy (non-hydrogen) atoms. The molecule has 1 aliphatic rings. The number of carbonyl (C=O) groups excluding carboxylic acids is 1. The summed E-state index contributed by atoms with van der Waals surface area (Å²) in [5.74, 6) is -0.826. The van der Waals surface area contributed by atoms with Crippen molar-refractivity contribution >= 4 is 11.5 Å². The molecular weight excluding hydrogens is 290 g/mol. The van der Waals surface area contributed by atoms with Crippen LogP contribution in [0.25, 0.3) is 5.57 Å². The van der Waals surface area contributed by atoms with Crippen LogP contribution in [0, 0.1) is 0 Å². The maximum Gasteiger partial charge on any atom is 0.417 e. The van der Waals surface area contributed by atoms with Gasteiger partial charge in [0.2, 0.25) is 0 Å². The van der Waals surface area contributed by atoms with Crippen molar-refractivity contribution in [1.29, 1.82) is 0 Å². The summed E-state index contributed by atoms with van der Waals surface area (Å²) < 4.78 is 80.4. The third-order valence-corrected chi connectivity index (χ3v) is 2.66. The van der Waals surface area contributed by atoms with Crippen LogP contribution in [-0.4, -0.2) is 12.6 Å². The van der Waals surface area contributed by atoms with Gasteiger partial charge >= 0.3 is 18.3 Å². The van der Waals surface area contributed by atoms with E-state index in [0.717, 1.165) is 6.08 Å². The second kappa shape index (κ2) is 4.53. The number of esters is 1. The molecule has 0 bridgehead atoms. The highest BCUT2D eigenvalue weighted by Gasteiger charge is 2.39. The Morgan fingerprint density at radius 1 is 1.00 bits per heavy atom. The Labute approximate surface area is 108 Å². The molecule has 0 radical (unpaired) electrons. The van der Waals surface area contributed by atoms with Crippen molar-refractivity contribution in [1.82, 2.24) is 0 Å². The number of ether oxygens (including phenoxy) is 1. The lowest BCUT2D eigenvalue weighted by molar-refractivity contribution is -0.143. The van der Waals surface area contributed by atoms with Crippen LogP contribution in [0.5, 0.6) is 0 Å². The van der Waals surface area contributed by atoms with E-state index < -0.39 is 41.6 Å². The normalized spacial score (nSPS) is 16.1. The molecule has 0 saturated carbocycles. The summed E-state index contributed by atoms with van der Waals surface area (Å²) in [6.07, 6.45) is -9.02. The topological polar surface area (TPSA) is 26.3 Å². The maximum atomic E-state index is 12.8. The number of hydrogen-bond donors (Lipinski definition) is 0. The summed E-state index contributed by atoms with van der Waals surface area (Å²) in [6.45, 7) is -0.396. The zero-order valence-electron chi connectivity index (χ0n) is 9.60. The number of rotatable bonds is 1. The van der Waals surface area contributed by atoms with Gasteiger partial charge in [-0.2, -0.15) is 26.3 Å². The first-order valence-corrected chi connectivity index (χ1v) is 5.25. The Hall–Kier alpha value is -1.99. The Balaban J connectivity index is 2.58. The van der Waals surface area contributed by atoms with E-state index in [1.807, 2.05) is 0 Å². The van der Waals surface area contributed by atoms with Crippen LogP contribution in [0.3, 0.4) is 0 Å². The van der Waals surface area contributed by atoms with E-state index in [4.69, 9.17) is 0 Å². The number of carbonyl (C=O) groups is 1. The van der Waals surface area contributed by atoms with Gasteiger partial charge in [-0.25, -0.2) is 4.79 Å². The molecule has 0 amide bonds. The van der Waals surface area contributed by atoms with Crippen molar-refractivity contribution in [3.8, 4) is 0 Å². The minimum atomic E-state index is -4.97. The summed E-state index contributed by atoms with van der Waals surface area (Å²) in [7, 11) is 0. The predicted molar refractivity (Wildman–Crippen MR) is 55.4 cm³/mol. The highest BCUT2D eigenvalue weighted by Crippen LogP contribution is 2.39.